The van der Waals surface area contributed by atoms with Crippen LogP contribution in [0.15, 0.2) is 65.6 Å². The van der Waals surface area contributed by atoms with Crippen LogP contribution in [0, 0.1) is 0 Å². The summed E-state index contributed by atoms with van der Waals surface area (Å²) in [5, 5.41) is 10.6. The van der Waals surface area contributed by atoms with Crippen LogP contribution in [0.25, 0.3) is 5.69 Å². The van der Waals surface area contributed by atoms with Gasteiger partial charge in [0.2, 0.25) is 5.91 Å². The van der Waals surface area contributed by atoms with Crippen LogP contribution >= 0.6 is 23.2 Å². The van der Waals surface area contributed by atoms with Gasteiger partial charge in [0.15, 0.2) is 0 Å². The fraction of sp³-hybridized carbons (Fsp3) is 0.154. The molecular weight excluding hydrogens is 561 g/mol. The second kappa shape index (κ2) is 12.6. The average Bonchev–Trinajstić information content (AvgIpc) is 3.27. The molecule has 2 aromatic carbocycles. The van der Waals surface area contributed by atoms with Crippen molar-refractivity contribution in [3.63, 3.8) is 0 Å². The van der Waals surface area contributed by atoms with E-state index in [2.05, 4.69) is 26.0 Å². The standard InChI is InChI=1S/C26H25Cl2N7O5/c1-34(2)14-23(37)31-20-12-17(10-11-29-20)40-19-9-8-18(24(27)25(19)28)30-26(38)32-21-13-22(36)33-35(21)15-4-6-16(39-3)7-5-15/h4-13H,14H2,1-3H3,(H,33,36)(H,29,31,37)(H2,30,32,38). The monoisotopic (exact) mass is 585 g/mol. The predicted octanol–water partition coefficient (Wildman–Crippen LogP) is 4.81. The molecule has 3 amide bonds. The summed E-state index contributed by atoms with van der Waals surface area (Å²) in [4.78, 5) is 42.6. The summed E-state index contributed by atoms with van der Waals surface area (Å²) in [6.45, 7) is 0.194. The highest BCUT2D eigenvalue weighted by atomic mass is 35.5. The Balaban J connectivity index is 1.45. The first-order valence-corrected chi connectivity index (χ1v) is 12.5. The molecule has 12 nitrogen and oxygen atoms in total. The smallest absolute Gasteiger partial charge is 0.324 e. The van der Waals surface area contributed by atoms with Gasteiger partial charge in [0.1, 0.15) is 33.9 Å². The lowest BCUT2D eigenvalue weighted by atomic mass is 10.3. The largest absolute Gasteiger partial charge is 0.497 e. The molecule has 0 aliphatic rings. The maximum absolute atomic E-state index is 12.8. The van der Waals surface area contributed by atoms with Gasteiger partial charge in [-0.25, -0.2) is 14.5 Å². The lowest BCUT2D eigenvalue weighted by Gasteiger charge is -2.14. The fourth-order valence-electron chi connectivity index (χ4n) is 3.53. The number of nitrogens with zero attached hydrogens (tertiary/aromatic N) is 3. The number of urea groups is 1. The van der Waals surface area contributed by atoms with Crippen LogP contribution in [-0.2, 0) is 4.79 Å². The van der Waals surface area contributed by atoms with Crippen molar-refractivity contribution < 1.29 is 19.1 Å². The molecule has 0 aliphatic carbocycles. The minimum Gasteiger partial charge on any atom is -0.497 e. The number of aromatic amines is 1. The van der Waals surface area contributed by atoms with Gasteiger partial charge in [0.05, 0.1) is 30.1 Å². The number of methoxy groups -OCH3 is 1. The van der Waals surface area contributed by atoms with Crippen molar-refractivity contribution in [2.45, 2.75) is 0 Å². The third-order valence-corrected chi connectivity index (χ3v) is 6.15. The van der Waals surface area contributed by atoms with Gasteiger partial charge in [-0.3, -0.25) is 20.0 Å². The Morgan fingerprint density at radius 3 is 2.42 bits per heavy atom. The van der Waals surface area contributed by atoms with Crippen LogP contribution in [-0.4, -0.2) is 59.4 Å². The number of halogens is 2. The molecule has 0 fully saturated rings. The molecule has 14 heteroatoms. The number of hydrogen-bond donors (Lipinski definition) is 4. The maximum Gasteiger partial charge on any atom is 0.324 e. The van der Waals surface area contributed by atoms with E-state index in [0.29, 0.717) is 23.0 Å². The van der Waals surface area contributed by atoms with Crippen molar-refractivity contribution >= 4 is 52.5 Å². The van der Waals surface area contributed by atoms with Crippen molar-refractivity contribution in [1.82, 2.24) is 19.7 Å². The average molecular weight is 586 g/mol. The van der Waals surface area contributed by atoms with Crippen LogP contribution in [0.5, 0.6) is 17.2 Å². The van der Waals surface area contributed by atoms with E-state index >= 15 is 0 Å². The minimum absolute atomic E-state index is 0.0319. The summed E-state index contributed by atoms with van der Waals surface area (Å²) < 4.78 is 12.4. The molecule has 4 aromatic rings. The number of amides is 3. The summed E-state index contributed by atoms with van der Waals surface area (Å²) in [5.41, 5.74) is 0.388. The van der Waals surface area contributed by atoms with Crippen molar-refractivity contribution in [3.8, 4) is 22.9 Å². The molecule has 2 heterocycles. The first-order valence-electron chi connectivity index (χ1n) is 11.7. The number of carbonyl (C=O) groups is 2. The second-order valence-corrected chi connectivity index (χ2v) is 9.38. The normalized spacial score (nSPS) is 10.8. The molecule has 2 aromatic heterocycles. The van der Waals surface area contributed by atoms with Gasteiger partial charge in [-0.05, 0) is 56.6 Å². The lowest BCUT2D eigenvalue weighted by Crippen LogP contribution is -2.27. The number of anilines is 3. The number of hydrogen-bond acceptors (Lipinski definition) is 7. The number of ether oxygens (including phenoxy) is 2. The number of H-pyrrole nitrogens is 1. The molecule has 4 N–H and O–H groups in total. The Hall–Kier alpha value is -4.52. The van der Waals surface area contributed by atoms with E-state index in [-0.39, 0.29) is 39.8 Å². The zero-order valence-electron chi connectivity index (χ0n) is 21.6. The van der Waals surface area contributed by atoms with Gasteiger partial charge >= 0.3 is 6.03 Å². The van der Waals surface area contributed by atoms with E-state index in [1.54, 1.807) is 56.4 Å². The number of pyridine rings is 1. The van der Waals surface area contributed by atoms with Crippen molar-refractivity contribution in [2.75, 3.05) is 43.7 Å². The van der Waals surface area contributed by atoms with Gasteiger partial charge in [-0.1, -0.05) is 23.2 Å². The molecule has 0 spiro atoms. The number of likely N-dealkylation sites (N-methyl/N-ethyl adjacent to an activating group) is 1. The molecule has 0 saturated carbocycles. The van der Waals surface area contributed by atoms with Crippen LogP contribution in [0.4, 0.5) is 22.1 Å². The summed E-state index contributed by atoms with van der Waals surface area (Å²) >= 11 is 12.8. The summed E-state index contributed by atoms with van der Waals surface area (Å²) in [6.07, 6.45) is 1.48. The summed E-state index contributed by atoms with van der Waals surface area (Å²) in [7, 11) is 5.10. The van der Waals surface area contributed by atoms with E-state index in [9.17, 15) is 14.4 Å². The molecule has 0 unspecified atom stereocenters. The van der Waals surface area contributed by atoms with Gasteiger partial charge in [0, 0.05) is 18.3 Å². The SMILES string of the molecule is COc1ccc(-n2[nH]c(=O)cc2NC(=O)Nc2ccc(Oc3ccnc(NC(=O)CN(C)C)c3)c(Cl)c2Cl)cc1. The number of nitrogens with one attached hydrogen (secondary N) is 4. The Labute approximate surface area is 238 Å². The third kappa shape index (κ3) is 7.11. The second-order valence-electron chi connectivity index (χ2n) is 8.62. The Bertz CT molecular complexity index is 1590. The van der Waals surface area contributed by atoms with Crippen LogP contribution in [0.2, 0.25) is 10.0 Å². The Morgan fingerprint density at radius 1 is 0.975 bits per heavy atom. The van der Waals surface area contributed by atoms with Gasteiger partial charge < -0.3 is 25.0 Å². The van der Waals surface area contributed by atoms with E-state index in [1.165, 1.54) is 35.1 Å². The highest BCUT2D eigenvalue weighted by molar-refractivity contribution is 6.45. The van der Waals surface area contributed by atoms with Gasteiger partial charge in [-0.15, -0.1) is 0 Å². The van der Waals surface area contributed by atoms with Gasteiger partial charge in [0.25, 0.3) is 5.56 Å². The number of benzene rings is 2. The van der Waals surface area contributed by atoms with E-state index < -0.39 is 11.6 Å². The fourth-order valence-corrected chi connectivity index (χ4v) is 3.94. The first kappa shape index (κ1) is 28.5. The molecule has 0 saturated heterocycles. The highest BCUT2D eigenvalue weighted by Gasteiger charge is 2.16. The first-order chi connectivity index (χ1) is 19.1. The predicted molar refractivity (Wildman–Crippen MR) is 154 cm³/mol. The zero-order chi connectivity index (χ0) is 28.8. The molecule has 40 heavy (non-hydrogen) atoms. The van der Waals surface area contributed by atoms with Crippen LogP contribution in [0.3, 0.4) is 0 Å². The minimum atomic E-state index is -0.667. The zero-order valence-corrected chi connectivity index (χ0v) is 23.1. The molecule has 4 rings (SSSR count). The van der Waals surface area contributed by atoms with E-state index in [4.69, 9.17) is 32.7 Å². The number of carbonyl (C=O) groups excluding carboxylic acids is 2. The number of rotatable bonds is 9. The van der Waals surface area contributed by atoms with E-state index in [0.717, 1.165) is 0 Å². The molecule has 0 radical (unpaired) electrons. The van der Waals surface area contributed by atoms with Gasteiger partial charge in [-0.2, -0.15) is 0 Å². The summed E-state index contributed by atoms with van der Waals surface area (Å²) in [5.74, 6) is 1.48. The Kier molecular flexibility index (Phi) is 8.94. The lowest BCUT2D eigenvalue weighted by molar-refractivity contribution is -0.116. The topological polar surface area (TPSA) is 143 Å². The highest BCUT2D eigenvalue weighted by Crippen LogP contribution is 2.39. The quantitative estimate of drug-likeness (QED) is 0.220. The summed E-state index contributed by atoms with van der Waals surface area (Å²) in [6, 6.07) is 13.6. The van der Waals surface area contributed by atoms with Crippen LogP contribution in [0.1, 0.15) is 0 Å². The van der Waals surface area contributed by atoms with Crippen molar-refractivity contribution in [1.29, 1.82) is 0 Å². The van der Waals surface area contributed by atoms with Crippen molar-refractivity contribution in [3.05, 3.63) is 81.2 Å². The van der Waals surface area contributed by atoms with Crippen molar-refractivity contribution in [2.24, 2.45) is 0 Å². The maximum atomic E-state index is 12.8. The third-order valence-electron chi connectivity index (χ3n) is 5.28. The number of aromatic nitrogens is 3. The van der Waals surface area contributed by atoms with E-state index in [1.807, 2.05) is 0 Å². The molecule has 0 bridgehead atoms. The molecule has 0 aliphatic heterocycles. The molecule has 208 valence electrons. The van der Waals surface area contributed by atoms with Crippen LogP contribution < -0.4 is 31.0 Å². The Morgan fingerprint density at radius 2 is 1.73 bits per heavy atom. The molecular formula is C26H25Cl2N7O5. The molecule has 0 atom stereocenters.